The molecule has 0 fully saturated rings. The number of hydrogen-bond acceptors (Lipinski definition) is 2. The molecule has 72 valence electrons. The summed E-state index contributed by atoms with van der Waals surface area (Å²) in [6, 6.07) is 1.93. The molecule has 0 bridgehead atoms. The molecule has 0 unspecified atom stereocenters. The summed E-state index contributed by atoms with van der Waals surface area (Å²) < 4.78 is 36.6. The number of nitrogen functional groups attached to an aromatic ring is 2. The highest BCUT2D eigenvalue weighted by Crippen LogP contribution is 2.38. The van der Waals surface area contributed by atoms with Gasteiger partial charge in [0.25, 0.3) is 0 Å². The summed E-state index contributed by atoms with van der Waals surface area (Å²) in [5.41, 5.74) is 9.15. The number of alkyl halides is 3. The Morgan fingerprint density at radius 2 is 1.69 bits per heavy atom. The van der Waals surface area contributed by atoms with Crippen LogP contribution >= 0.6 is 11.6 Å². The Kier molecular flexibility index (Phi) is 2.30. The van der Waals surface area contributed by atoms with Crippen molar-refractivity contribution in [3.8, 4) is 0 Å². The average Bonchev–Trinajstić information content (AvgIpc) is 1.94. The van der Waals surface area contributed by atoms with Crippen LogP contribution in [-0.4, -0.2) is 0 Å². The van der Waals surface area contributed by atoms with Gasteiger partial charge in [0.05, 0.1) is 16.3 Å². The van der Waals surface area contributed by atoms with Crippen molar-refractivity contribution in [2.24, 2.45) is 0 Å². The van der Waals surface area contributed by atoms with Crippen LogP contribution in [0.25, 0.3) is 0 Å². The third-order valence-corrected chi connectivity index (χ3v) is 1.85. The SMILES string of the molecule is Nc1cc(N)c(Cl)c(C(F)(F)F)c1. The van der Waals surface area contributed by atoms with Crippen LogP contribution in [0.3, 0.4) is 0 Å². The fraction of sp³-hybridized carbons (Fsp3) is 0.143. The van der Waals surface area contributed by atoms with Gasteiger partial charge in [0.15, 0.2) is 0 Å². The van der Waals surface area contributed by atoms with Crippen molar-refractivity contribution in [3.63, 3.8) is 0 Å². The summed E-state index contributed by atoms with van der Waals surface area (Å²) in [5.74, 6) is 0. The Morgan fingerprint density at radius 3 is 2.15 bits per heavy atom. The van der Waals surface area contributed by atoms with Gasteiger partial charge in [-0.2, -0.15) is 13.2 Å². The Balaban J connectivity index is 3.37. The molecule has 0 aliphatic heterocycles. The highest BCUT2D eigenvalue weighted by atomic mass is 35.5. The van der Waals surface area contributed by atoms with Crippen molar-refractivity contribution >= 4 is 23.0 Å². The first-order valence-corrected chi connectivity index (χ1v) is 3.62. The van der Waals surface area contributed by atoms with Gasteiger partial charge >= 0.3 is 6.18 Å². The highest BCUT2D eigenvalue weighted by Gasteiger charge is 2.34. The molecule has 0 atom stereocenters. The van der Waals surface area contributed by atoms with Crippen LogP contribution in [0.2, 0.25) is 5.02 Å². The summed E-state index contributed by atoms with van der Waals surface area (Å²) in [6.45, 7) is 0. The van der Waals surface area contributed by atoms with Crippen LogP contribution in [0.15, 0.2) is 12.1 Å². The molecule has 0 saturated carbocycles. The smallest absolute Gasteiger partial charge is 0.399 e. The molecule has 1 aromatic rings. The average molecular weight is 211 g/mol. The molecule has 1 aromatic carbocycles. The minimum absolute atomic E-state index is 0.0609. The van der Waals surface area contributed by atoms with Gasteiger partial charge in [-0.1, -0.05) is 11.6 Å². The number of hydrogen-bond donors (Lipinski definition) is 2. The van der Waals surface area contributed by atoms with Crippen molar-refractivity contribution in [1.82, 2.24) is 0 Å². The van der Waals surface area contributed by atoms with Crippen LogP contribution < -0.4 is 11.5 Å². The maximum atomic E-state index is 12.2. The van der Waals surface area contributed by atoms with Crippen LogP contribution in [-0.2, 0) is 6.18 Å². The maximum Gasteiger partial charge on any atom is 0.417 e. The van der Waals surface area contributed by atoms with E-state index in [2.05, 4.69) is 0 Å². The summed E-state index contributed by atoms with van der Waals surface area (Å²) >= 11 is 5.35. The van der Waals surface area contributed by atoms with Crippen molar-refractivity contribution in [2.45, 2.75) is 6.18 Å². The third-order valence-electron chi connectivity index (χ3n) is 1.43. The lowest BCUT2D eigenvalue weighted by molar-refractivity contribution is -0.137. The fourth-order valence-corrected chi connectivity index (χ4v) is 1.09. The monoisotopic (exact) mass is 210 g/mol. The predicted octanol–water partition coefficient (Wildman–Crippen LogP) is 2.52. The van der Waals surface area contributed by atoms with Gasteiger partial charge in [-0.25, -0.2) is 0 Å². The van der Waals surface area contributed by atoms with E-state index in [0.717, 1.165) is 6.07 Å². The first kappa shape index (κ1) is 9.98. The molecule has 0 radical (unpaired) electrons. The minimum Gasteiger partial charge on any atom is -0.399 e. The molecule has 4 N–H and O–H groups in total. The number of halogens is 4. The van der Waals surface area contributed by atoms with Gasteiger partial charge in [-0.05, 0) is 12.1 Å². The van der Waals surface area contributed by atoms with Gasteiger partial charge in [0.1, 0.15) is 0 Å². The maximum absolute atomic E-state index is 12.2. The van der Waals surface area contributed by atoms with Crippen molar-refractivity contribution in [2.75, 3.05) is 11.5 Å². The number of rotatable bonds is 0. The van der Waals surface area contributed by atoms with E-state index in [0.29, 0.717) is 0 Å². The van der Waals surface area contributed by atoms with E-state index < -0.39 is 16.8 Å². The Hall–Kier alpha value is -1.10. The minimum atomic E-state index is -4.53. The van der Waals surface area contributed by atoms with E-state index in [1.165, 1.54) is 6.07 Å². The topological polar surface area (TPSA) is 52.0 Å². The number of nitrogens with two attached hydrogens (primary N) is 2. The molecular formula is C7H6ClF3N2. The third kappa shape index (κ3) is 1.98. The lowest BCUT2D eigenvalue weighted by atomic mass is 10.1. The quantitative estimate of drug-likeness (QED) is 0.647. The normalized spacial score (nSPS) is 11.7. The van der Waals surface area contributed by atoms with Crippen LogP contribution in [0.1, 0.15) is 5.56 Å². The molecule has 1 rings (SSSR count). The van der Waals surface area contributed by atoms with E-state index in [-0.39, 0.29) is 11.4 Å². The molecule has 0 spiro atoms. The zero-order valence-corrected chi connectivity index (χ0v) is 7.08. The van der Waals surface area contributed by atoms with E-state index in [9.17, 15) is 13.2 Å². The zero-order chi connectivity index (χ0) is 10.2. The van der Waals surface area contributed by atoms with Gasteiger partial charge in [-0.3, -0.25) is 0 Å². The van der Waals surface area contributed by atoms with Gasteiger partial charge in [0.2, 0.25) is 0 Å². The van der Waals surface area contributed by atoms with Gasteiger partial charge in [-0.15, -0.1) is 0 Å². The summed E-state index contributed by atoms with van der Waals surface area (Å²) in [4.78, 5) is 0. The Bertz CT molecular complexity index is 335. The molecule has 0 heterocycles. The van der Waals surface area contributed by atoms with E-state index in [4.69, 9.17) is 23.1 Å². The summed E-state index contributed by atoms with van der Waals surface area (Å²) in [6.07, 6.45) is -4.53. The molecule has 0 amide bonds. The number of anilines is 2. The molecule has 13 heavy (non-hydrogen) atoms. The molecular weight excluding hydrogens is 205 g/mol. The van der Waals surface area contributed by atoms with E-state index in [1.807, 2.05) is 0 Å². The largest absolute Gasteiger partial charge is 0.417 e. The fourth-order valence-electron chi connectivity index (χ4n) is 0.876. The van der Waals surface area contributed by atoms with Gasteiger partial charge < -0.3 is 11.5 Å². The molecule has 0 aliphatic carbocycles. The number of benzene rings is 1. The zero-order valence-electron chi connectivity index (χ0n) is 6.32. The second kappa shape index (κ2) is 2.99. The molecule has 0 saturated heterocycles. The van der Waals surface area contributed by atoms with E-state index in [1.54, 1.807) is 0 Å². The molecule has 6 heteroatoms. The van der Waals surface area contributed by atoms with Crippen LogP contribution in [0, 0.1) is 0 Å². The first-order valence-electron chi connectivity index (χ1n) is 3.24. The summed E-state index contributed by atoms with van der Waals surface area (Å²) in [5, 5.41) is -0.512. The lowest BCUT2D eigenvalue weighted by Gasteiger charge is -2.11. The van der Waals surface area contributed by atoms with Crippen LogP contribution in [0.5, 0.6) is 0 Å². The van der Waals surface area contributed by atoms with E-state index >= 15 is 0 Å². The first-order chi connectivity index (χ1) is 5.82. The van der Waals surface area contributed by atoms with Crippen molar-refractivity contribution in [3.05, 3.63) is 22.7 Å². The van der Waals surface area contributed by atoms with Crippen molar-refractivity contribution in [1.29, 1.82) is 0 Å². The molecule has 2 nitrogen and oxygen atoms in total. The van der Waals surface area contributed by atoms with Crippen molar-refractivity contribution < 1.29 is 13.2 Å². The summed E-state index contributed by atoms with van der Waals surface area (Å²) in [7, 11) is 0. The second-order valence-electron chi connectivity index (χ2n) is 2.47. The Labute approximate surface area is 77.3 Å². The molecule has 0 aromatic heterocycles. The lowest BCUT2D eigenvalue weighted by Crippen LogP contribution is -2.08. The van der Waals surface area contributed by atoms with Crippen LogP contribution in [0.4, 0.5) is 24.5 Å². The standard InChI is InChI=1S/C7H6ClF3N2/c8-6-4(7(9,10)11)1-3(12)2-5(6)13/h1-2H,12-13H2. The highest BCUT2D eigenvalue weighted by molar-refractivity contribution is 6.34. The van der Waals surface area contributed by atoms with Gasteiger partial charge in [0, 0.05) is 5.69 Å². The Morgan fingerprint density at radius 1 is 1.15 bits per heavy atom. The second-order valence-corrected chi connectivity index (χ2v) is 2.85. The predicted molar refractivity (Wildman–Crippen MR) is 45.3 cm³/mol. The molecule has 0 aliphatic rings.